The van der Waals surface area contributed by atoms with Crippen LogP contribution in [0.5, 0.6) is 11.5 Å². The highest BCUT2D eigenvalue weighted by Crippen LogP contribution is 2.64. The zero-order valence-electron chi connectivity index (χ0n) is 16.9. The Morgan fingerprint density at radius 3 is 1.15 bits per heavy atom. The van der Waals surface area contributed by atoms with E-state index in [0.717, 1.165) is 24.3 Å². The first kappa shape index (κ1) is 23.6. The summed E-state index contributed by atoms with van der Waals surface area (Å²) in [5, 5.41) is 0. The van der Waals surface area contributed by atoms with Crippen molar-refractivity contribution in [1.29, 1.82) is 0 Å². The maximum atomic E-state index is 14.3. The molecule has 2 aromatic rings. The van der Waals surface area contributed by atoms with E-state index in [2.05, 4.69) is 9.47 Å². The van der Waals surface area contributed by atoms with E-state index in [1.165, 1.54) is 24.3 Å². The lowest BCUT2D eigenvalue weighted by Gasteiger charge is -2.22. The minimum Gasteiger partial charge on any atom is -0.435 e. The highest BCUT2D eigenvalue weighted by molar-refractivity contribution is 5.42. The van der Waals surface area contributed by atoms with Crippen LogP contribution in [0.2, 0.25) is 0 Å². The Balaban J connectivity index is 1.46. The van der Waals surface area contributed by atoms with E-state index in [-0.39, 0.29) is 22.6 Å². The van der Waals surface area contributed by atoms with Gasteiger partial charge in [-0.15, -0.1) is 0 Å². The number of rotatable bonds is 10. The summed E-state index contributed by atoms with van der Waals surface area (Å²) < 4.78 is 120. The Morgan fingerprint density at radius 1 is 0.606 bits per heavy atom. The van der Waals surface area contributed by atoms with E-state index < -0.39 is 62.0 Å². The van der Waals surface area contributed by atoms with Crippen molar-refractivity contribution in [1.82, 2.24) is 0 Å². The lowest BCUT2D eigenvalue weighted by atomic mass is 9.94. The fraction of sp³-hybridized carbons (Fsp3) is 0.455. The van der Waals surface area contributed by atoms with E-state index in [1.54, 1.807) is 0 Å². The topological polar surface area (TPSA) is 27.7 Å². The van der Waals surface area contributed by atoms with Gasteiger partial charge in [0.15, 0.2) is 0 Å². The minimum absolute atomic E-state index is 0.110. The fourth-order valence-electron chi connectivity index (χ4n) is 4.09. The number of ether oxygens (including phenoxy) is 3. The van der Waals surface area contributed by atoms with Gasteiger partial charge in [0, 0.05) is 12.8 Å². The first-order valence-corrected chi connectivity index (χ1v) is 9.85. The van der Waals surface area contributed by atoms with Gasteiger partial charge >= 0.3 is 13.2 Å². The monoisotopic (exact) mass is 482 g/mol. The molecule has 11 heteroatoms. The fourth-order valence-corrected chi connectivity index (χ4v) is 4.09. The van der Waals surface area contributed by atoms with Crippen LogP contribution in [0, 0.1) is 0 Å². The second-order valence-corrected chi connectivity index (χ2v) is 8.23. The van der Waals surface area contributed by atoms with Gasteiger partial charge in [0.1, 0.15) is 11.5 Å². The molecular formula is C22H18F8O3. The predicted octanol–water partition coefficient (Wildman–Crippen LogP) is 6.16. The maximum Gasteiger partial charge on any atom is 0.387 e. The van der Waals surface area contributed by atoms with Gasteiger partial charge in [-0.3, -0.25) is 0 Å². The van der Waals surface area contributed by atoms with Crippen LogP contribution in [0.4, 0.5) is 35.1 Å². The molecule has 0 saturated heterocycles. The molecule has 0 aromatic heterocycles. The zero-order chi connectivity index (χ0) is 24.1. The van der Waals surface area contributed by atoms with Crippen molar-refractivity contribution in [3.05, 3.63) is 59.7 Å². The van der Waals surface area contributed by atoms with Crippen LogP contribution < -0.4 is 9.47 Å². The number of alkyl halides is 8. The summed E-state index contributed by atoms with van der Waals surface area (Å²) in [7, 11) is 0. The van der Waals surface area contributed by atoms with Crippen molar-refractivity contribution in [3.63, 3.8) is 0 Å². The molecular weight excluding hydrogens is 464 g/mol. The third-order valence-corrected chi connectivity index (χ3v) is 6.16. The number of hydrogen-bond donors (Lipinski definition) is 0. The van der Waals surface area contributed by atoms with Crippen LogP contribution in [0.3, 0.4) is 0 Å². The van der Waals surface area contributed by atoms with E-state index in [1.807, 2.05) is 0 Å². The van der Waals surface area contributed by atoms with Crippen molar-refractivity contribution in [2.45, 2.75) is 48.7 Å². The second kappa shape index (κ2) is 8.03. The van der Waals surface area contributed by atoms with Crippen LogP contribution in [-0.2, 0) is 15.6 Å². The molecule has 3 nitrogen and oxygen atoms in total. The smallest absolute Gasteiger partial charge is 0.387 e. The van der Waals surface area contributed by atoms with Gasteiger partial charge in [0.25, 0.3) is 11.8 Å². The molecule has 0 aliphatic heterocycles. The van der Waals surface area contributed by atoms with E-state index in [0.29, 0.717) is 0 Å². The van der Waals surface area contributed by atoms with Crippen molar-refractivity contribution in [2.24, 2.45) is 0 Å². The molecule has 2 aliphatic rings. The summed E-state index contributed by atoms with van der Waals surface area (Å²) in [6, 6.07) is 9.34. The summed E-state index contributed by atoms with van der Waals surface area (Å²) in [5.74, 6) is -6.73. The highest BCUT2D eigenvalue weighted by atomic mass is 19.3. The van der Waals surface area contributed by atoms with Crippen molar-refractivity contribution < 1.29 is 49.3 Å². The summed E-state index contributed by atoms with van der Waals surface area (Å²) in [6.07, 6.45) is -1.17. The van der Waals surface area contributed by atoms with E-state index in [4.69, 9.17) is 4.74 Å². The molecule has 4 rings (SSSR count). The summed E-state index contributed by atoms with van der Waals surface area (Å²) in [5.41, 5.74) is -3.31. The molecule has 0 bridgehead atoms. The van der Waals surface area contributed by atoms with Gasteiger partial charge in [-0.1, -0.05) is 24.3 Å². The average molecular weight is 482 g/mol. The molecule has 2 unspecified atom stereocenters. The normalized spacial score (nSPS) is 27.0. The molecule has 0 spiro atoms. The van der Waals surface area contributed by atoms with E-state index >= 15 is 0 Å². The molecule has 33 heavy (non-hydrogen) atoms. The standard InChI is InChI=1S/C22H18F8O3/c23-17(24)32-15-5-1-13(2-6-15)19(9-21(19,27)28)11-31-12-20(10-22(20,29)30)14-3-7-16(8-4-14)33-18(25)26/h1-8,17-18H,9-12H2. The molecule has 2 aromatic carbocycles. The molecule has 0 radical (unpaired) electrons. The summed E-state index contributed by atoms with van der Waals surface area (Å²) in [4.78, 5) is 0. The molecule has 2 saturated carbocycles. The highest BCUT2D eigenvalue weighted by Gasteiger charge is 2.74. The lowest BCUT2D eigenvalue weighted by Crippen LogP contribution is -2.29. The number of halogens is 8. The Bertz CT molecular complexity index is 901. The SMILES string of the molecule is FC(F)Oc1ccc(C2(COCC3(c4ccc(OC(F)F)cc4)CC3(F)F)CC2(F)F)cc1. The van der Waals surface area contributed by atoms with E-state index in [9.17, 15) is 35.1 Å². The van der Waals surface area contributed by atoms with Gasteiger partial charge in [0.05, 0.1) is 24.0 Å². The Morgan fingerprint density at radius 2 is 0.909 bits per heavy atom. The Kier molecular flexibility index (Phi) is 5.74. The van der Waals surface area contributed by atoms with Crippen LogP contribution in [0.1, 0.15) is 24.0 Å². The molecule has 2 fully saturated rings. The molecule has 0 heterocycles. The minimum atomic E-state index is -3.16. The first-order valence-electron chi connectivity index (χ1n) is 9.85. The molecule has 0 N–H and O–H groups in total. The Labute approximate surface area is 183 Å². The van der Waals surface area contributed by atoms with Crippen LogP contribution >= 0.6 is 0 Å². The van der Waals surface area contributed by atoms with Crippen LogP contribution in [-0.4, -0.2) is 38.3 Å². The third-order valence-electron chi connectivity index (χ3n) is 6.16. The van der Waals surface area contributed by atoms with Crippen LogP contribution in [0.25, 0.3) is 0 Å². The predicted molar refractivity (Wildman–Crippen MR) is 99.5 cm³/mol. The van der Waals surface area contributed by atoms with Gasteiger partial charge in [-0.25, -0.2) is 17.6 Å². The number of benzene rings is 2. The average Bonchev–Trinajstić information content (AvgIpc) is 3.50. The lowest BCUT2D eigenvalue weighted by molar-refractivity contribution is -0.0505. The summed E-state index contributed by atoms with van der Waals surface area (Å²) >= 11 is 0. The van der Waals surface area contributed by atoms with Gasteiger partial charge in [0.2, 0.25) is 0 Å². The van der Waals surface area contributed by atoms with Gasteiger partial charge < -0.3 is 14.2 Å². The molecule has 0 amide bonds. The quantitative estimate of drug-likeness (QED) is 0.380. The molecule has 180 valence electrons. The van der Waals surface area contributed by atoms with Gasteiger partial charge in [-0.2, -0.15) is 17.6 Å². The van der Waals surface area contributed by atoms with Gasteiger partial charge in [-0.05, 0) is 35.4 Å². The maximum absolute atomic E-state index is 14.3. The number of hydrogen-bond acceptors (Lipinski definition) is 3. The largest absolute Gasteiger partial charge is 0.435 e. The van der Waals surface area contributed by atoms with Crippen molar-refractivity contribution >= 4 is 0 Å². The van der Waals surface area contributed by atoms with Crippen LogP contribution in [0.15, 0.2) is 48.5 Å². The second-order valence-electron chi connectivity index (χ2n) is 8.23. The van der Waals surface area contributed by atoms with Crippen molar-refractivity contribution in [3.8, 4) is 11.5 Å². The zero-order valence-corrected chi connectivity index (χ0v) is 16.9. The van der Waals surface area contributed by atoms with Crippen molar-refractivity contribution in [2.75, 3.05) is 13.2 Å². The Hall–Kier alpha value is -2.56. The summed E-state index contributed by atoms with van der Waals surface area (Å²) in [6.45, 7) is -7.27. The third kappa shape index (κ3) is 4.34. The molecule has 2 aliphatic carbocycles. The molecule has 2 atom stereocenters. The first-order chi connectivity index (χ1) is 15.4.